The Balaban J connectivity index is 2.43. The predicted molar refractivity (Wildman–Crippen MR) is 61.8 cm³/mol. The Morgan fingerprint density at radius 2 is 1.56 bits per heavy atom. The standard InChI is InChI=1S/C13H12O3/c1-9(14)16-13-6-4-10-7-12(15-2)5-3-11(10)8-13/h3-8H,1-2H3. The van der Waals surface area contributed by atoms with Gasteiger partial charge in [0.1, 0.15) is 11.5 Å². The van der Waals surface area contributed by atoms with Crippen LogP contribution in [-0.4, -0.2) is 13.1 Å². The van der Waals surface area contributed by atoms with Gasteiger partial charge in [0, 0.05) is 6.92 Å². The fourth-order valence-corrected chi connectivity index (χ4v) is 1.56. The molecule has 16 heavy (non-hydrogen) atoms. The summed E-state index contributed by atoms with van der Waals surface area (Å²) in [5.41, 5.74) is 0. The normalized spacial score (nSPS) is 10.1. The summed E-state index contributed by atoms with van der Waals surface area (Å²) in [6.07, 6.45) is 0. The minimum Gasteiger partial charge on any atom is -0.497 e. The van der Waals surface area contributed by atoms with E-state index in [4.69, 9.17) is 9.47 Å². The third-order valence-electron chi connectivity index (χ3n) is 2.28. The zero-order valence-corrected chi connectivity index (χ0v) is 9.19. The van der Waals surface area contributed by atoms with Gasteiger partial charge in [-0.25, -0.2) is 0 Å². The van der Waals surface area contributed by atoms with Gasteiger partial charge < -0.3 is 9.47 Å². The molecule has 2 aromatic carbocycles. The number of fused-ring (bicyclic) bond motifs is 1. The van der Waals surface area contributed by atoms with Crippen molar-refractivity contribution in [3.05, 3.63) is 36.4 Å². The van der Waals surface area contributed by atoms with Crippen molar-refractivity contribution in [2.45, 2.75) is 6.92 Å². The molecule has 0 atom stereocenters. The second kappa shape index (κ2) is 4.23. The minimum atomic E-state index is -0.312. The second-order valence-electron chi connectivity index (χ2n) is 3.47. The summed E-state index contributed by atoms with van der Waals surface area (Å²) < 4.78 is 10.1. The van der Waals surface area contributed by atoms with Gasteiger partial charge in [0.15, 0.2) is 0 Å². The van der Waals surface area contributed by atoms with E-state index >= 15 is 0 Å². The Kier molecular flexibility index (Phi) is 2.77. The van der Waals surface area contributed by atoms with E-state index in [9.17, 15) is 4.79 Å². The van der Waals surface area contributed by atoms with Gasteiger partial charge >= 0.3 is 5.97 Å². The maximum atomic E-state index is 10.8. The SMILES string of the molecule is COc1ccc2cc(OC(C)=O)ccc2c1. The van der Waals surface area contributed by atoms with Gasteiger partial charge in [0.2, 0.25) is 0 Å². The van der Waals surface area contributed by atoms with Crippen LogP contribution in [0.3, 0.4) is 0 Å². The molecule has 0 saturated carbocycles. The smallest absolute Gasteiger partial charge is 0.308 e. The topological polar surface area (TPSA) is 35.5 Å². The maximum Gasteiger partial charge on any atom is 0.308 e. The van der Waals surface area contributed by atoms with Gasteiger partial charge in [-0.15, -0.1) is 0 Å². The van der Waals surface area contributed by atoms with Gasteiger partial charge in [-0.1, -0.05) is 12.1 Å². The van der Waals surface area contributed by atoms with Crippen LogP contribution in [0.1, 0.15) is 6.92 Å². The molecule has 0 aliphatic rings. The van der Waals surface area contributed by atoms with Crippen LogP contribution < -0.4 is 9.47 Å². The Morgan fingerprint density at radius 3 is 2.12 bits per heavy atom. The van der Waals surface area contributed by atoms with E-state index in [-0.39, 0.29) is 5.97 Å². The lowest BCUT2D eigenvalue weighted by atomic mass is 10.1. The van der Waals surface area contributed by atoms with Crippen molar-refractivity contribution in [3.8, 4) is 11.5 Å². The van der Waals surface area contributed by atoms with Crippen LogP contribution in [0.5, 0.6) is 11.5 Å². The van der Waals surface area contributed by atoms with E-state index in [1.54, 1.807) is 13.2 Å². The van der Waals surface area contributed by atoms with Crippen molar-refractivity contribution in [1.29, 1.82) is 0 Å². The molecule has 82 valence electrons. The van der Waals surface area contributed by atoms with Gasteiger partial charge in [-0.2, -0.15) is 0 Å². The average Bonchev–Trinajstić information content (AvgIpc) is 2.27. The molecule has 0 fully saturated rings. The lowest BCUT2D eigenvalue weighted by Gasteiger charge is -2.05. The van der Waals surface area contributed by atoms with Gasteiger partial charge in [-0.3, -0.25) is 4.79 Å². The Morgan fingerprint density at radius 1 is 1.00 bits per heavy atom. The van der Waals surface area contributed by atoms with Crippen LogP contribution in [0, 0.1) is 0 Å². The molecule has 0 radical (unpaired) electrons. The van der Waals surface area contributed by atoms with Crippen molar-refractivity contribution >= 4 is 16.7 Å². The van der Waals surface area contributed by atoms with Crippen molar-refractivity contribution < 1.29 is 14.3 Å². The van der Waals surface area contributed by atoms with Crippen molar-refractivity contribution in [2.75, 3.05) is 7.11 Å². The molecule has 2 rings (SSSR count). The highest BCUT2D eigenvalue weighted by Gasteiger charge is 2.01. The third kappa shape index (κ3) is 2.14. The van der Waals surface area contributed by atoms with Gasteiger partial charge in [-0.05, 0) is 35.0 Å². The third-order valence-corrected chi connectivity index (χ3v) is 2.28. The maximum absolute atomic E-state index is 10.8. The number of carbonyl (C=O) groups excluding carboxylic acids is 1. The molecular formula is C13H12O3. The number of hydrogen-bond acceptors (Lipinski definition) is 3. The molecule has 3 heteroatoms. The highest BCUT2D eigenvalue weighted by atomic mass is 16.5. The van der Waals surface area contributed by atoms with Crippen molar-refractivity contribution in [2.24, 2.45) is 0 Å². The van der Waals surface area contributed by atoms with E-state index in [0.717, 1.165) is 16.5 Å². The summed E-state index contributed by atoms with van der Waals surface area (Å²) in [4.78, 5) is 10.8. The molecule has 0 spiro atoms. The van der Waals surface area contributed by atoms with Gasteiger partial charge in [0.25, 0.3) is 0 Å². The first-order valence-electron chi connectivity index (χ1n) is 4.95. The number of esters is 1. The summed E-state index contributed by atoms with van der Waals surface area (Å²) in [5.74, 6) is 1.06. The molecule has 0 saturated heterocycles. The Bertz CT molecular complexity index is 532. The van der Waals surface area contributed by atoms with Crippen LogP contribution in [-0.2, 0) is 4.79 Å². The van der Waals surface area contributed by atoms with Crippen LogP contribution >= 0.6 is 0 Å². The van der Waals surface area contributed by atoms with E-state index in [1.165, 1.54) is 6.92 Å². The first kappa shape index (κ1) is 10.5. The lowest BCUT2D eigenvalue weighted by Crippen LogP contribution is -2.00. The zero-order chi connectivity index (χ0) is 11.5. The Hall–Kier alpha value is -2.03. The van der Waals surface area contributed by atoms with E-state index in [1.807, 2.05) is 30.3 Å². The largest absolute Gasteiger partial charge is 0.497 e. The van der Waals surface area contributed by atoms with Crippen molar-refractivity contribution in [1.82, 2.24) is 0 Å². The van der Waals surface area contributed by atoms with E-state index in [2.05, 4.69) is 0 Å². The highest BCUT2D eigenvalue weighted by Crippen LogP contribution is 2.24. The van der Waals surface area contributed by atoms with Gasteiger partial charge in [0.05, 0.1) is 7.11 Å². The summed E-state index contributed by atoms with van der Waals surface area (Å²) in [7, 11) is 1.63. The zero-order valence-electron chi connectivity index (χ0n) is 9.19. The molecule has 0 heterocycles. The number of benzene rings is 2. The Labute approximate surface area is 93.6 Å². The second-order valence-corrected chi connectivity index (χ2v) is 3.47. The first-order chi connectivity index (χ1) is 7.69. The predicted octanol–water partition coefficient (Wildman–Crippen LogP) is 2.77. The summed E-state index contributed by atoms with van der Waals surface area (Å²) in [6, 6.07) is 11.2. The lowest BCUT2D eigenvalue weighted by molar-refractivity contribution is -0.131. The minimum absolute atomic E-state index is 0.312. The summed E-state index contributed by atoms with van der Waals surface area (Å²) >= 11 is 0. The van der Waals surface area contributed by atoms with Crippen LogP contribution in [0.4, 0.5) is 0 Å². The first-order valence-corrected chi connectivity index (χ1v) is 4.95. The molecule has 0 aromatic heterocycles. The fraction of sp³-hybridized carbons (Fsp3) is 0.154. The molecule has 0 unspecified atom stereocenters. The fourth-order valence-electron chi connectivity index (χ4n) is 1.56. The average molecular weight is 216 g/mol. The van der Waals surface area contributed by atoms with Crippen LogP contribution in [0.25, 0.3) is 10.8 Å². The number of carbonyl (C=O) groups is 1. The molecule has 2 aromatic rings. The molecule has 0 amide bonds. The molecule has 0 aliphatic carbocycles. The molecule has 0 N–H and O–H groups in total. The van der Waals surface area contributed by atoms with Crippen molar-refractivity contribution in [3.63, 3.8) is 0 Å². The number of methoxy groups -OCH3 is 1. The van der Waals surface area contributed by atoms with E-state index < -0.39 is 0 Å². The number of hydrogen-bond donors (Lipinski definition) is 0. The van der Waals surface area contributed by atoms with Crippen LogP contribution in [0.2, 0.25) is 0 Å². The molecule has 0 aliphatic heterocycles. The number of ether oxygens (including phenoxy) is 2. The highest BCUT2D eigenvalue weighted by molar-refractivity contribution is 5.85. The quantitative estimate of drug-likeness (QED) is 0.572. The molecule has 0 bridgehead atoms. The molecule has 3 nitrogen and oxygen atoms in total. The van der Waals surface area contributed by atoms with Crippen LogP contribution in [0.15, 0.2) is 36.4 Å². The number of rotatable bonds is 2. The monoisotopic (exact) mass is 216 g/mol. The summed E-state index contributed by atoms with van der Waals surface area (Å²) in [6.45, 7) is 1.39. The molecular weight excluding hydrogens is 204 g/mol. The summed E-state index contributed by atoms with van der Waals surface area (Å²) in [5, 5.41) is 2.06. The van der Waals surface area contributed by atoms with E-state index in [0.29, 0.717) is 5.75 Å².